The number of carbonyl (C=O) groups is 3. The van der Waals surface area contributed by atoms with Crippen molar-refractivity contribution in [2.75, 3.05) is 10.2 Å². The smallest absolute Gasteiger partial charge is 0.348 e. The van der Waals surface area contributed by atoms with Gasteiger partial charge in [-0.25, -0.2) is 14.2 Å². The van der Waals surface area contributed by atoms with E-state index >= 15 is 0 Å². The van der Waals surface area contributed by atoms with Crippen LogP contribution in [0.15, 0.2) is 41.2 Å². The number of aromatic carboxylic acids is 1. The van der Waals surface area contributed by atoms with E-state index in [0.717, 1.165) is 16.9 Å². The highest BCUT2D eigenvalue weighted by Crippen LogP contribution is 2.41. The number of benzene rings is 1. The van der Waals surface area contributed by atoms with Gasteiger partial charge in [-0.05, 0) is 70.2 Å². The lowest BCUT2D eigenvalue weighted by Crippen LogP contribution is -2.43. The Balaban J connectivity index is 1.59. The molecule has 4 rings (SSSR count). The second kappa shape index (κ2) is 10.5. The van der Waals surface area contributed by atoms with Crippen molar-refractivity contribution < 1.29 is 23.9 Å². The third kappa shape index (κ3) is 5.65. The van der Waals surface area contributed by atoms with E-state index in [9.17, 15) is 23.9 Å². The second-order valence-electron chi connectivity index (χ2n) is 9.52. The molecule has 0 atom stereocenters. The molecule has 3 aromatic rings. The molecule has 36 heavy (non-hydrogen) atoms. The first-order valence-electron chi connectivity index (χ1n) is 11.7. The van der Waals surface area contributed by atoms with Gasteiger partial charge in [0, 0.05) is 27.9 Å². The molecule has 1 saturated carbocycles. The topological polar surface area (TPSA) is 99.6 Å². The summed E-state index contributed by atoms with van der Waals surface area (Å²) in [5, 5.41) is 14.4. The van der Waals surface area contributed by atoms with Gasteiger partial charge in [0.2, 0.25) is 5.91 Å². The minimum Gasteiger partial charge on any atom is -0.477 e. The molecule has 2 heterocycles. The van der Waals surface area contributed by atoms with Crippen LogP contribution in [0.5, 0.6) is 0 Å². The number of carboxylic acids is 1. The standard InChI is InChI=1S/C26H28FN3O4S2/c1-15(2)30(24(32)17-8-10-26(3,27)11-9-17)20-12-21(36-22(20)25(33)34)16-4-6-18(7-5-16)29-23(31)19-13-35-14-28-19/h4-7,12-15,17H,8-11H2,1-3H3,(H,29,31)(H,33,34)/t17-,26-. The van der Waals surface area contributed by atoms with Gasteiger partial charge in [0.1, 0.15) is 16.2 Å². The molecular weight excluding hydrogens is 501 g/mol. The number of thiazole rings is 1. The number of hydrogen-bond acceptors (Lipinski definition) is 6. The number of amides is 2. The van der Waals surface area contributed by atoms with E-state index in [4.69, 9.17) is 0 Å². The highest BCUT2D eigenvalue weighted by molar-refractivity contribution is 7.18. The van der Waals surface area contributed by atoms with Gasteiger partial charge in [0.25, 0.3) is 5.91 Å². The molecule has 2 amide bonds. The van der Waals surface area contributed by atoms with Crippen molar-refractivity contribution in [2.24, 2.45) is 5.92 Å². The molecule has 0 bridgehead atoms. The second-order valence-corrected chi connectivity index (χ2v) is 11.3. The van der Waals surface area contributed by atoms with Crippen molar-refractivity contribution in [2.45, 2.75) is 58.2 Å². The minimum atomic E-state index is -1.26. The van der Waals surface area contributed by atoms with E-state index in [2.05, 4.69) is 10.3 Å². The maximum Gasteiger partial charge on any atom is 0.348 e. The van der Waals surface area contributed by atoms with E-state index in [1.165, 1.54) is 11.3 Å². The molecule has 1 aliphatic carbocycles. The summed E-state index contributed by atoms with van der Waals surface area (Å²) in [5.41, 5.74) is 2.38. The Morgan fingerprint density at radius 1 is 1.19 bits per heavy atom. The van der Waals surface area contributed by atoms with Gasteiger partial charge in [-0.3, -0.25) is 9.59 Å². The molecule has 1 aliphatic rings. The van der Waals surface area contributed by atoms with Gasteiger partial charge in [0.05, 0.1) is 11.2 Å². The Morgan fingerprint density at radius 2 is 1.86 bits per heavy atom. The number of carboxylic acid groups (broad SMARTS) is 1. The first kappa shape index (κ1) is 26.0. The third-order valence-electron chi connectivity index (χ3n) is 6.39. The number of aromatic nitrogens is 1. The number of carbonyl (C=O) groups excluding carboxylic acids is 2. The molecule has 2 N–H and O–H groups in total. The van der Waals surface area contributed by atoms with Crippen LogP contribution in [0, 0.1) is 5.92 Å². The van der Waals surface area contributed by atoms with E-state index < -0.39 is 11.6 Å². The molecular formula is C26H28FN3O4S2. The van der Waals surface area contributed by atoms with Crippen molar-refractivity contribution in [3.05, 3.63) is 51.8 Å². The van der Waals surface area contributed by atoms with Crippen molar-refractivity contribution in [3.63, 3.8) is 0 Å². The van der Waals surface area contributed by atoms with Gasteiger partial charge in [-0.1, -0.05) is 12.1 Å². The van der Waals surface area contributed by atoms with Crippen LogP contribution in [0.1, 0.15) is 66.6 Å². The Kier molecular flexibility index (Phi) is 7.56. The monoisotopic (exact) mass is 529 g/mol. The molecule has 7 nitrogen and oxygen atoms in total. The normalized spacial score (nSPS) is 19.8. The van der Waals surface area contributed by atoms with Crippen molar-refractivity contribution in [1.29, 1.82) is 0 Å². The van der Waals surface area contributed by atoms with E-state index in [-0.39, 0.29) is 28.7 Å². The predicted molar refractivity (Wildman–Crippen MR) is 141 cm³/mol. The van der Waals surface area contributed by atoms with E-state index in [1.807, 2.05) is 13.8 Å². The fraction of sp³-hybridized carbons (Fsp3) is 0.385. The van der Waals surface area contributed by atoms with Gasteiger partial charge in [0.15, 0.2) is 0 Å². The molecule has 1 fully saturated rings. The summed E-state index contributed by atoms with van der Waals surface area (Å²) < 4.78 is 14.3. The molecule has 0 radical (unpaired) electrons. The fourth-order valence-corrected chi connectivity index (χ4v) is 5.93. The van der Waals surface area contributed by atoms with Crippen LogP contribution in [0.2, 0.25) is 0 Å². The van der Waals surface area contributed by atoms with Gasteiger partial charge >= 0.3 is 5.97 Å². The summed E-state index contributed by atoms with van der Waals surface area (Å²) in [4.78, 5) is 44.2. The molecule has 0 saturated heterocycles. The van der Waals surface area contributed by atoms with Crippen LogP contribution in [0.3, 0.4) is 0 Å². The maximum atomic E-state index is 14.3. The maximum absolute atomic E-state index is 14.3. The Labute approximate surface area is 217 Å². The number of halogens is 1. The largest absolute Gasteiger partial charge is 0.477 e. The summed E-state index contributed by atoms with van der Waals surface area (Å²) in [7, 11) is 0. The Morgan fingerprint density at radius 3 is 2.42 bits per heavy atom. The molecule has 10 heteroatoms. The number of hydrogen-bond donors (Lipinski definition) is 2. The molecule has 190 valence electrons. The van der Waals surface area contributed by atoms with Crippen LogP contribution >= 0.6 is 22.7 Å². The van der Waals surface area contributed by atoms with Gasteiger partial charge < -0.3 is 15.3 Å². The third-order valence-corrected chi connectivity index (χ3v) is 8.14. The van der Waals surface area contributed by atoms with E-state index in [0.29, 0.717) is 47.6 Å². The van der Waals surface area contributed by atoms with E-state index in [1.54, 1.807) is 53.0 Å². The first-order valence-corrected chi connectivity index (χ1v) is 13.5. The lowest BCUT2D eigenvalue weighted by Gasteiger charge is -2.35. The van der Waals surface area contributed by atoms with Gasteiger partial charge in [-0.2, -0.15) is 0 Å². The van der Waals surface area contributed by atoms with Crippen LogP contribution in [-0.4, -0.2) is 39.6 Å². The summed E-state index contributed by atoms with van der Waals surface area (Å²) in [6.07, 6.45) is 1.54. The lowest BCUT2D eigenvalue weighted by atomic mass is 9.80. The highest BCUT2D eigenvalue weighted by atomic mass is 32.1. The SMILES string of the molecule is CC(C)N(c1cc(-c2ccc(NC(=O)c3cscn3)cc2)sc1C(=O)O)C(=O)[C@H]1CC[C@](C)(F)CC1. The van der Waals surface area contributed by atoms with Crippen molar-refractivity contribution in [1.82, 2.24) is 4.98 Å². The number of nitrogens with one attached hydrogen (secondary N) is 1. The molecule has 0 unspecified atom stereocenters. The predicted octanol–water partition coefficient (Wildman–Crippen LogP) is 6.48. The Bertz CT molecular complexity index is 1240. The number of anilines is 2. The number of nitrogens with zero attached hydrogens (tertiary/aromatic N) is 2. The average molecular weight is 530 g/mol. The zero-order valence-electron chi connectivity index (χ0n) is 20.3. The quantitative estimate of drug-likeness (QED) is 0.365. The summed E-state index contributed by atoms with van der Waals surface area (Å²) in [6.45, 7) is 5.27. The van der Waals surface area contributed by atoms with Crippen molar-refractivity contribution >= 4 is 51.8 Å². The molecule has 0 spiro atoms. The van der Waals surface area contributed by atoms with Crippen LogP contribution in [0.25, 0.3) is 10.4 Å². The van der Waals surface area contributed by atoms with Gasteiger partial charge in [-0.15, -0.1) is 22.7 Å². The lowest BCUT2D eigenvalue weighted by molar-refractivity contribution is -0.124. The average Bonchev–Trinajstić information content (AvgIpc) is 3.50. The molecule has 1 aromatic carbocycles. The fourth-order valence-electron chi connectivity index (χ4n) is 4.41. The first-order chi connectivity index (χ1) is 17.1. The number of thiophene rings is 1. The number of alkyl halides is 1. The summed E-state index contributed by atoms with van der Waals surface area (Å²) >= 11 is 2.43. The highest BCUT2D eigenvalue weighted by Gasteiger charge is 2.37. The van der Waals surface area contributed by atoms with Crippen LogP contribution < -0.4 is 10.2 Å². The van der Waals surface area contributed by atoms with Crippen molar-refractivity contribution in [3.8, 4) is 10.4 Å². The van der Waals surface area contributed by atoms with Crippen LogP contribution in [0.4, 0.5) is 15.8 Å². The Hall–Kier alpha value is -3.11. The zero-order valence-corrected chi connectivity index (χ0v) is 21.9. The molecule has 2 aromatic heterocycles. The molecule has 0 aliphatic heterocycles. The minimum absolute atomic E-state index is 0.0825. The summed E-state index contributed by atoms with van der Waals surface area (Å²) in [6, 6.07) is 8.53. The summed E-state index contributed by atoms with van der Waals surface area (Å²) in [5.74, 6) is -1.90. The zero-order chi connectivity index (χ0) is 26.0. The number of rotatable bonds is 7. The van der Waals surface area contributed by atoms with Crippen LogP contribution in [-0.2, 0) is 4.79 Å².